The van der Waals surface area contributed by atoms with Crippen molar-refractivity contribution in [2.75, 3.05) is 6.54 Å². The fourth-order valence-corrected chi connectivity index (χ4v) is 3.27. The van der Waals surface area contributed by atoms with Crippen LogP contribution in [0.3, 0.4) is 0 Å². The van der Waals surface area contributed by atoms with Gasteiger partial charge in [-0.1, -0.05) is 46.8 Å². The van der Waals surface area contributed by atoms with Crippen molar-refractivity contribution in [3.63, 3.8) is 0 Å². The van der Waals surface area contributed by atoms with Gasteiger partial charge in [0.1, 0.15) is 0 Å². The van der Waals surface area contributed by atoms with Crippen LogP contribution in [-0.2, 0) is 9.53 Å². The fourth-order valence-electron chi connectivity index (χ4n) is 2.71. The predicted octanol–water partition coefficient (Wildman–Crippen LogP) is 4.34. The van der Waals surface area contributed by atoms with Crippen LogP contribution in [0.15, 0.2) is 22.7 Å². The van der Waals surface area contributed by atoms with Gasteiger partial charge in [0.2, 0.25) is 0 Å². The molecule has 0 spiro atoms. The van der Waals surface area contributed by atoms with Crippen LogP contribution in [0.5, 0.6) is 0 Å². The molecule has 1 aromatic rings. The summed E-state index contributed by atoms with van der Waals surface area (Å²) < 4.78 is 5.94. The van der Waals surface area contributed by atoms with Crippen molar-refractivity contribution < 1.29 is 14.3 Å². The zero-order chi connectivity index (χ0) is 16.8. The number of halogens is 2. The number of ether oxygens (including phenoxy) is 1. The third kappa shape index (κ3) is 5.50. The van der Waals surface area contributed by atoms with Crippen LogP contribution >= 0.6 is 27.5 Å². The molecule has 1 saturated carbocycles. The molecule has 1 fully saturated rings. The lowest BCUT2D eigenvalue weighted by molar-refractivity contribution is -0.129. The van der Waals surface area contributed by atoms with Crippen LogP contribution in [0.2, 0.25) is 5.02 Å². The number of amides is 1. The number of hydrogen-bond donors (Lipinski definition) is 1. The molecule has 1 aromatic carbocycles. The standard InChI is InChI=1S/C17H21BrClNO3/c1-11(16(21)20-10-12-5-3-2-4-6-12)23-17(22)14-9-13(18)7-8-15(14)19/h7-9,11-12H,2-6,10H2,1H3,(H,20,21)/t11-/m1/s1. The molecular weight excluding hydrogens is 382 g/mol. The van der Waals surface area contributed by atoms with Gasteiger partial charge in [0.15, 0.2) is 6.10 Å². The van der Waals surface area contributed by atoms with Crippen LogP contribution in [0.4, 0.5) is 0 Å². The van der Waals surface area contributed by atoms with Crippen LogP contribution in [-0.4, -0.2) is 24.5 Å². The highest BCUT2D eigenvalue weighted by atomic mass is 79.9. The van der Waals surface area contributed by atoms with Gasteiger partial charge in [-0.25, -0.2) is 4.79 Å². The van der Waals surface area contributed by atoms with Gasteiger partial charge >= 0.3 is 5.97 Å². The first-order chi connectivity index (χ1) is 11.0. The van der Waals surface area contributed by atoms with Crippen LogP contribution in [0.25, 0.3) is 0 Å². The average molecular weight is 403 g/mol. The Hall–Kier alpha value is -1.07. The second-order valence-electron chi connectivity index (χ2n) is 5.92. The minimum absolute atomic E-state index is 0.243. The summed E-state index contributed by atoms with van der Waals surface area (Å²) in [4.78, 5) is 24.2. The van der Waals surface area contributed by atoms with Gasteiger partial charge in [-0.15, -0.1) is 0 Å². The van der Waals surface area contributed by atoms with Gasteiger partial charge in [-0.3, -0.25) is 4.79 Å². The summed E-state index contributed by atoms with van der Waals surface area (Å²) in [6, 6.07) is 4.92. The highest BCUT2D eigenvalue weighted by Crippen LogP contribution is 2.23. The van der Waals surface area contributed by atoms with Crippen molar-refractivity contribution in [2.45, 2.75) is 45.1 Å². The van der Waals surface area contributed by atoms with E-state index >= 15 is 0 Å². The number of rotatable bonds is 5. The van der Waals surface area contributed by atoms with E-state index in [9.17, 15) is 9.59 Å². The Morgan fingerprint density at radius 3 is 2.74 bits per heavy atom. The number of esters is 1. The van der Waals surface area contributed by atoms with Gasteiger partial charge in [0, 0.05) is 11.0 Å². The first-order valence-corrected chi connectivity index (χ1v) is 9.08. The van der Waals surface area contributed by atoms with E-state index < -0.39 is 12.1 Å². The Morgan fingerprint density at radius 2 is 2.04 bits per heavy atom. The second kappa shape index (κ2) is 8.69. The zero-order valence-corrected chi connectivity index (χ0v) is 15.5. The van der Waals surface area contributed by atoms with E-state index in [0.29, 0.717) is 17.5 Å². The summed E-state index contributed by atoms with van der Waals surface area (Å²) in [6.07, 6.45) is 5.20. The molecule has 23 heavy (non-hydrogen) atoms. The molecule has 0 aliphatic heterocycles. The molecule has 1 aliphatic carbocycles. The largest absolute Gasteiger partial charge is 0.449 e. The molecule has 6 heteroatoms. The van der Waals surface area contributed by atoms with Crippen LogP contribution in [0.1, 0.15) is 49.4 Å². The summed E-state index contributed by atoms with van der Waals surface area (Å²) >= 11 is 9.28. The highest BCUT2D eigenvalue weighted by molar-refractivity contribution is 9.10. The number of carbonyl (C=O) groups excluding carboxylic acids is 2. The number of carbonyl (C=O) groups is 2. The van der Waals surface area contributed by atoms with E-state index in [4.69, 9.17) is 16.3 Å². The Labute approximate surface area is 150 Å². The van der Waals surface area contributed by atoms with E-state index in [1.807, 2.05) is 0 Å². The zero-order valence-electron chi connectivity index (χ0n) is 13.1. The van der Waals surface area contributed by atoms with E-state index in [2.05, 4.69) is 21.2 Å². The van der Waals surface area contributed by atoms with Gasteiger partial charge in [-0.05, 0) is 43.9 Å². The molecule has 0 radical (unpaired) electrons. The fraction of sp³-hybridized carbons (Fsp3) is 0.529. The quantitative estimate of drug-likeness (QED) is 0.745. The second-order valence-corrected chi connectivity index (χ2v) is 7.24. The van der Waals surface area contributed by atoms with E-state index in [1.54, 1.807) is 25.1 Å². The van der Waals surface area contributed by atoms with Crippen LogP contribution < -0.4 is 5.32 Å². The maximum atomic E-state index is 12.1. The number of hydrogen-bond acceptors (Lipinski definition) is 3. The topological polar surface area (TPSA) is 55.4 Å². The highest BCUT2D eigenvalue weighted by Gasteiger charge is 2.22. The van der Waals surface area contributed by atoms with Crippen molar-refractivity contribution in [1.82, 2.24) is 5.32 Å². The Kier molecular flexibility index (Phi) is 6.90. The molecule has 1 aliphatic rings. The lowest BCUT2D eigenvalue weighted by Gasteiger charge is -2.22. The van der Waals surface area contributed by atoms with Gasteiger partial charge in [-0.2, -0.15) is 0 Å². The summed E-state index contributed by atoms with van der Waals surface area (Å²) in [5, 5.41) is 3.18. The molecule has 4 nitrogen and oxygen atoms in total. The minimum atomic E-state index is -0.846. The Bertz CT molecular complexity index is 573. The first-order valence-electron chi connectivity index (χ1n) is 7.91. The van der Waals surface area contributed by atoms with Crippen LogP contribution in [0, 0.1) is 5.92 Å². The Balaban J connectivity index is 1.84. The molecule has 1 N–H and O–H groups in total. The molecular formula is C17H21BrClNO3. The maximum Gasteiger partial charge on any atom is 0.340 e. The molecule has 2 rings (SSSR count). The van der Waals surface area contributed by atoms with Crippen molar-refractivity contribution in [1.29, 1.82) is 0 Å². The minimum Gasteiger partial charge on any atom is -0.449 e. The molecule has 0 saturated heterocycles. The monoisotopic (exact) mass is 401 g/mol. The van der Waals surface area contributed by atoms with Crippen molar-refractivity contribution in [2.24, 2.45) is 5.92 Å². The molecule has 0 aromatic heterocycles. The maximum absolute atomic E-state index is 12.1. The van der Waals surface area contributed by atoms with Gasteiger partial charge < -0.3 is 10.1 Å². The normalized spacial score (nSPS) is 16.7. The lowest BCUT2D eigenvalue weighted by atomic mass is 9.89. The third-order valence-corrected chi connectivity index (χ3v) is 4.91. The molecule has 1 amide bonds. The van der Waals surface area contributed by atoms with Gasteiger partial charge in [0.25, 0.3) is 5.91 Å². The Morgan fingerprint density at radius 1 is 1.35 bits per heavy atom. The molecule has 0 bridgehead atoms. The summed E-state index contributed by atoms with van der Waals surface area (Å²) in [7, 11) is 0. The smallest absolute Gasteiger partial charge is 0.340 e. The van der Waals surface area contributed by atoms with E-state index in [-0.39, 0.29) is 11.5 Å². The van der Waals surface area contributed by atoms with E-state index in [0.717, 1.165) is 17.3 Å². The third-order valence-electron chi connectivity index (χ3n) is 4.09. The first kappa shape index (κ1) is 18.3. The van der Waals surface area contributed by atoms with Crippen molar-refractivity contribution in [3.8, 4) is 0 Å². The predicted molar refractivity (Wildman–Crippen MR) is 93.6 cm³/mol. The average Bonchev–Trinajstić information content (AvgIpc) is 2.55. The summed E-state index contributed by atoms with van der Waals surface area (Å²) in [6.45, 7) is 2.22. The summed E-state index contributed by atoms with van der Waals surface area (Å²) in [5.74, 6) is -0.332. The SMILES string of the molecule is C[C@@H](OC(=O)c1cc(Br)ccc1Cl)C(=O)NCC1CCCCC1. The number of benzene rings is 1. The molecule has 0 heterocycles. The van der Waals surface area contributed by atoms with Gasteiger partial charge in [0.05, 0.1) is 10.6 Å². The molecule has 126 valence electrons. The van der Waals surface area contributed by atoms with Crippen molar-refractivity contribution in [3.05, 3.63) is 33.3 Å². The van der Waals surface area contributed by atoms with E-state index in [1.165, 1.54) is 19.3 Å². The number of nitrogens with one attached hydrogen (secondary N) is 1. The van der Waals surface area contributed by atoms with Crippen molar-refractivity contribution >= 4 is 39.4 Å². The lowest BCUT2D eigenvalue weighted by Crippen LogP contribution is -2.38. The summed E-state index contributed by atoms with van der Waals surface area (Å²) in [5.41, 5.74) is 0.243. The molecule has 1 atom stereocenters. The molecule has 0 unspecified atom stereocenters.